The van der Waals surface area contributed by atoms with Crippen LogP contribution in [-0.2, 0) is 32.7 Å². The maximum absolute atomic E-state index is 2.42. The zero-order chi connectivity index (χ0) is 9.46. The van der Waals surface area contributed by atoms with Crippen molar-refractivity contribution in [2.75, 3.05) is 0 Å². The van der Waals surface area contributed by atoms with Crippen molar-refractivity contribution in [3.8, 4) is 0 Å². The van der Waals surface area contributed by atoms with Crippen LogP contribution in [0.3, 0.4) is 0 Å². The minimum atomic E-state index is 0. The van der Waals surface area contributed by atoms with Crippen molar-refractivity contribution >= 4 is 0 Å². The third kappa shape index (κ3) is 2.56. The molecule has 75 valence electrons. The first-order chi connectivity index (χ1) is 5.46. The second-order valence-corrected chi connectivity index (χ2v) is 5.15. The molecule has 1 saturated carbocycles. The molecule has 0 aliphatic heterocycles. The minimum absolute atomic E-state index is 0. The second-order valence-electron chi connectivity index (χ2n) is 5.15. The van der Waals surface area contributed by atoms with Gasteiger partial charge in [-0.3, -0.25) is 0 Å². The third-order valence-electron chi connectivity index (χ3n) is 4.98. The monoisotopic (exact) mass is 257 g/mol. The first-order valence-corrected chi connectivity index (χ1v) is 5.46. The van der Waals surface area contributed by atoms with Gasteiger partial charge >= 0.3 is 0 Å². The van der Waals surface area contributed by atoms with Crippen LogP contribution in [0.5, 0.6) is 0 Å². The first-order valence-electron chi connectivity index (χ1n) is 5.46. The molecule has 0 aromatic rings. The minimum Gasteiger partial charge on any atom is -0.0620 e. The molecular formula is C12H24Y. The summed E-state index contributed by atoms with van der Waals surface area (Å²) in [7, 11) is 0. The van der Waals surface area contributed by atoms with Gasteiger partial charge in [-0.2, -0.15) is 0 Å². The summed E-state index contributed by atoms with van der Waals surface area (Å²) in [5.41, 5.74) is 0. The molecule has 1 aliphatic carbocycles. The van der Waals surface area contributed by atoms with E-state index in [-0.39, 0.29) is 32.7 Å². The molecule has 13 heavy (non-hydrogen) atoms. The normalized spacial score (nSPS) is 51.2. The predicted octanol–water partition coefficient (Wildman–Crippen LogP) is 3.81. The summed E-state index contributed by atoms with van der Waals surface area (Å²) < 4.78 is 0. The number of hydrogen-bond donors (Lipinski definition) is 0. The SMILES string of the molecule is CC1C(C)C(C)C(C)C(C)C1C.[Y]. The van der Waals surface area contributed by atoms with Crippen LogP contribution in [-0.4, -0.2) is 0 Å². The zero-order valence-corrected chi connectivity index (χ0v) is 12.9. The van der Waals surface area contributed by atoms with E-state index in [1.165, 1.54) is 0 Å². The van der Waals surface area contributed by atoms with Crippen LogP contribution in [0.1, 0.15) is 41.5 Å². The Morgan fingerprint density at radius 1 is 0.385 bits per heavy atom. The van der Waals surface area contributed by atoms with E-state index in [1.807, 2.05) is 0 Å². The zero-order valence-electron chi connectivity index (χ0n) is 10.0. The third-order valence-corrected chi connectivity index (χ3v) is 4.98. The van der Waals surface area contributed by atoms with Gasteiger partial charge < -0.3 is 0 Å². The van der Waals surface area contributed by atoms with Crippen LogP contribution in [0.15, 0.2) is 0 Å². The van der Waals surface area contributed by atoms with Crippen molar-refractivity contribution in [3.63, 3.8) is 0 Å². The molecule has 0 bridgehead atoms. The van der Waals surface area contributed by atoms with Gasteiger partial charge in [-0.1, -0.05) is 41.5 Å². The van der Waals surface area contributed by atoms with Crippen LogP contribution >= 0.6 is 0 Å². The topological polar surface area (TPSA) is 0 Å². The second kappa shape index (κ2) is 5.26. The molecule has 1 rings (SSSR count). The molecule has 0 N–H and O–H groups in total. The van der Waals surface area contributed by atoms with Gasteiger partial charge in [0.15, 0.2) is 0 Å². The van der Waals surface area contributed by atoms with Gasteiger partial charge in [0.2, 0.25) is 0 Å². The summed E-state index contributed by atoms with van der Waals surface area (Å²) in [6, 6.07) is 0. The van der Waals surface area contributed by atoms with Gasteiger partial charge in [0.1, 0.15) is 0 Å². The molecule has 0 aromatic carbocycles. The van der Waals surface area contributed by atoms with Gasteiger partial charge in [0, 0.05) is 32.7 Å². The standard InChI is InChI=1S/C12H24.Y/c1-7-8(2)10(4)12(6)11(5)9(7)3;/h7-12H,1-6H3;. The van der Waals surface area contributed by atoms with E-state index < -0.39 is 0 Å². The van der Waals surface area contributed by atoms with E-state index in [4.69, 9.17) is 0 Å². The van der Waals surface area contributed by atoms with Crippen LogP contribution < -0.4 is 0 Å². The Morgan fingerprint density at radius 2 is 0.462 bits per heavy atom. The summed E-state index contributed by atoms with van der Waals surface area (Å²) in [6.07, 6.45) is 0. The summed E-state index contributed by atoms with van der Waals surface area (Å²) in [5.74, 6) is 5.45. The fraction of sp³-hybridized carbons (Fsp3) is 1.00. The molecule has 0 nitrogen and oxygen atoms in total. The van der Waals surface area contributed by atoms with Crippen LogP contribution in [0.2, 0.25) is 0 Å². The summed E-state index contributed by atoms with van der Waals surface area (Å²) >= 11 is 0. The molecule has 1 fully saturated rings. The van der Waals surface area contributed by atoms with Crippen molar-refractivity contribution in [1.82, 2.24) is 0 Å². The molecule has 0 amide bonds. The molecule has 1 heteroatoms. The molecular weight excluding hydrogens is 233 g/mol. The van der Waals surface area contributed by atoms with Gasteiger partial charge in [-0.05, 0) is 35.5 Å². The van der Waals surface area contributed by atoms with Gasteiger partial charge in [0.25, 0.3) is 0 Å². The Morgan fingerprint density at radius 3 is 0.538 bits per heavy atom. The van der Waals surface area contributed by atoms with E-state index in [1.54, 1.807) is 0 Å². The maximum Gasteiger partial charge on any atom is 0 e. The van der Waals surface area contributed by atoms with Gasteiger partial charge in [-0.15, -0.1) is 0 Å². The number of rotatable bonds is 0. The molecule has 0 heterocycles. The molecule has 0 spiro atoms. The predicted molar refractivity (Wildman–Crippen MR) is 55.0 cm³/mol. The van der Waals surface area contributed by atoms with Crippen LogP contribution in [0, 0.1) is 35.5 Å². The Bertz CT molecular complexity index is 96.7. The summed E-state index contributed by atoms with van der Waals surface area (Å²) in [5, 5.41) is 0. The fourth-order valence-corrected chi connectivity index (χ4v) is 2.87. The average Bonchev–Trinajstić information content (AvgIpc) is 2.08. The van der Waals surface area contributed by atoms with Crippen molar-refractivity contribution in [2.45, 2.75) is 41.5 Å². The Kier molecular flexibility index (Phi) is 5.71. The summed E-state index contributed by atoms with van der Waals surface area (Å²) in [6.45, 7) is 14.5. The van der Waals surface area contributed by atoms with E-state index in [0.29, 0.717) is 0 Å². The van der Waals surface area contributed by atoms with E-state index in [2.05, 4.69) is 41.5 Å². The summed E-state index contributed by atoms with van der Waals surface area (Å²) in [4.78, 5) is 0. The molecule has 0 unspecified atom stereocenters. The molecule has 1 radical (unpaired) electrons. The van der Waals surface area contributed by atoms with Crippen molar-refractivity contribution < 1.29 is 32.7 Å². The van der Waals surface area contributed by atoms with Crippen molar-refractivity contribution in [3.05, 3.63) is 0 Å². The molecule has 0 atom stereocenters. The maximum atomic E-state index is 2.42. The van der Waals surface area contributed by atoms with Crippen molar-refractivity contribution in [2.24, 2.45) is 35.5 Å². The van der Waals surface area contributed by atoms with Crippen LogP contribution in [0.4, 0.5) is 0 Å². The largest absolute Gasteiger partial charge is 0.0620 e. The smallest absolute Gasteiger partial charge is 0 e. The molecule has 0 saturated heterocycles. The van der Waals surface area contributed by atoms with Gasteiger partial charge in [0.05, 0.1) is 0 Å². The van der Waals surface area contributed by atoms with Crippen molar-refractivity contribution in [1.29, 1.82) is 0 Å². The quantitative estimate of drug-likeness (QED) is 0.619. The van der Waals surface area contributed by atoms with E-state index >= 15 is 0 Å². The molecule has 0 aromatic heterocycles. The first kappa shape index (κ1) is 14.1. The van der Waals surface area contributed by atoms with E-state index in [9.17, 15) is 0 Å². The van der Waals surface area contributed by atoms with Gasteiger partial charge in [-0.25, -0.2) is 0 Å². The Hall–Kier alpha value is 1.10. The molecule has 1 aliphatic rings. The average molecular weight is 257 g/mol. The van der Waals surface area contributed by atoms with Crippen LogP contribution in [0.25, 0.3) is 0 Å². The Labute approximate surface area is 109 Å². The van der Waals surface area contributed by atoms with E-state index in [0.717, 1.165) is 35.5 Å². The Balaban J connectivity index is 0.00000144. The fourth-order valence-electron chi connectivity index (χ4n) is 2.87. The number of hydrogen-bond acceptors (Lipinski definition) is 0.